The Morgan fingerprint density at radius 1 is 1.17 bits per heavy atom. The van der Waals surface area contributed by atoms with Crippen molar-refractivity contribution in [2.75, 3.05) is 26.1 Å². The number of methoxy groups -OCH3 is 2. The third kappa shape index (κ3) is 3.29. The highest BCUT2D eigenvalue weighted by molar-refractivity contribution is 5.54. The molecule has 4 heteroatoms. The standard InChI is InChI=1S/C14H21NO3/c1-10-6-11(4-5-18-10)15-12-7-13(16-2)9-14(8-12)17-3/h7-11,15H,4-6H2,1-3H3. The zero-order valence-corrected chi connectivity index (χ0v) is 11.2. The molecule has 18 heavy (non-hydrogen) atoms. The number of ether oxygens (including phenoxy) is 3. The van der Waals surface area contributed by atoms with Crippen molar-refractivity contribution in [3.63, 3.8) is 0 Å². The molecule has 1 heterocycles. The van der Waals surface area contributed by atoms with Gasteiger partial charge in [0.05, 0.1) is 20.3 Å². The van der Waals surface area contributed by atoms with Gasteiger partial charge in [-0.3, -0.25) is 0 Å². The lowest BCUT2D eigenvalue weighted by atomic mass is 10.0. The lowest BCUT2D eigenvalue weighted by Crippen LogP contribution is -2.32. The van der Waals surface area contributed by atoms with Crippen LogP contribution in [-0.4, -0.2) is 33.0 Å². The minimum atomic E-state index is 0.323. The largest absolute Gasteiger partial charge is 0.497 e. The SMILES string of the molecule is COc1cc(NC2CCOC(C)C2)cc(OC)c1. The number of rotatable bonds is 4. The molecule has 0 amide bonds. The maximum absolute atomic E-state index is 5.55. The van der Waals surface area contributed by atoms with Crippen LogP contribution in [0.25, 0.3) is 0 Å². The third-order valence-corrected chi connectivity index (χ3v) is 3.21. The Morgan fingerprint density at radius 2 is 1.83 bits per heavy atom. The second-order valence-corrected chi connectivity index (χ2v) is 4.65. The van der Waals surface area contributed by atoms with Crippen LogP contribution in [0.1, 0.15) is 19.8 Å². The first-order chi connectivity index (χ1) is 8.71. The van der Waals surface area contributed by atoms with Gasteiger partial charge in [-0.25, -0.2) is 0 Å². The zero-order chi connectivity index (χ0) is 13.0. The Balaban J connectivity index is 2.07. The molecular formula is C14H21NO3. The van der Waals surface area contributed by atoms with E-state index in [-0.39, 0.29) is 0 Å². The van der Waals surface area contributed by atoms with Gasteiger partial charge in [0, 0.05) is 36.5 Å². The molecule has 1 saturated heterocycles. The molecule has 1 aromatic carbocycles. The van der Waals surface area contributed by atoms with E-state index in [0.717, 1.165) is 36.6 Å². The molecule has 0 radical (unpaired) electrons. The topological polar surface area (TPSA) is 39.7 Å². The molecule has 0 aliphatic carbocycles. The van der Waals surface area contributed by atoms with E-state index in [0.29, 0.717) is 12.1 Å². The lowest BCUT2D eigenvalue weighted by molar-refractivity contribution is 0.0232. The molecule has 0 bridgehead atoms. The average Bonchev–Trinajstić information content (AvgIpc) is 2.38. The summed E-state index contributed by atoms with van der Waals surface area (Å²) in [4.78, 5) is 0. The van der Waals surface area contributed by atoms with Gasteiger partial charge in [0.1, 0.15) is 11.5 Å². The summed E-state index contributed by atoms with van der Waals surface area (Å²) in [5.41, 5.74) is 1.03. The van der Waals surface area contributed by atoms with Crippen LogP contribution in [0.2, 0.25) is 0 Å². The minimum absolute atomic E-state index is 0.323. The summed E-state index contributed by atoms with van der Waals surface area (Å²) in [6.07, 6.45) is 2.38. The smallest absolute Gasteiger partial charge is 0.124 e. The van der Waals surface area contributed by atoms with Crippen molar-refractivity contribution in [2.45, 2.75) is 31.9 Å². The van der Waals surface area contributed by atoms with E-state index in [4.69, 9.17) is 14.2 Å². The van der Waals surface area contributed by atoms with Crippen molar-refractivity contribution in [2.24, 2.45) is 0 Å². The Bertz CT molecular complexity index is 372. The molecule has 100 valence electrons. The summed E-state index contributed by atoms with van der Waals surface area (Å²) in [7, 11) is 3.32. The molecule has 1 aliphatic heterocycles. The van der Waals surface area contributed by atoms with Gasteiger partial charge in [0.15, 0.2) is 0 Å². The molecule has 2 atom stereocenters. The van der Waals surface area contributed by atoms with Crippen LogP contribution in [0.4, 0.5) is 5.69 Å². The molecule has 1 aliphatic rings. The number of hydrogen-bond donors (Lipinski definition) is 1. The highest BCUT2D eigenvalue weighted by atomic mass is 16.5. The molecule has 0 aromatic heterocycles. The van der Waals surface area contributed by atoms with Crippen molar-refractivity contribution in [1.29, 1.82) is 0 Å². The first-order valence-electron chi connectivity index (χ1n) is 6.32. The number of hydrogen-bond acceptors (Lipinski definition) is 4. The zero-order valence-electron chi connectivity index (χ0n) is 11.2. The summed E-state index contributed by atoms with van der Waals surface area (Å²) in [6.45, 7) is 2.93. The summed E-state index contributed by atoms with van der Waals surface area (Å²) in [6, 6.07) is 6.30. The third-order valence-electron chi connectivity index (χ3n) is 3.21. The van der Waals surface area contributed by atoms with E-state index in [1.165, 1.54) is 0 Å². The van der Waals surface area contributed by atoms with E-state index in [9.17, 15) is 0 Å². The van der Waals surface area contributed by atoms with E-state index in [2.05, 4.69) is 12.2 Å². The quantitative estimate of drug-likeness (QED) is 0.893. The van der Waals surface area contributed by atoms with Gasteiger partial charge >= 0.3 is 0 Å². The summed E-state index contributed by atoms with van der Waals surface area (Å²) >= 11 is 0. The van der Waals surface area contributed by atoms with Gasteiger partial charge in [0.25, 0.3) is 0 Å². The van der Waals surface area contributed by atoms with Crippen molar-refractivity contribution in [1.82, 2.24) is 0 Å². The molecule has 2 rings (SSSR count). The first kappa shape index (κ1) is 13.0. The maximum atomic E-state index is 5.55. The van der Waals surface area contributed by atoms with E-state index >= 15 is 0 Å². The summed E-state index contributed by atoms with van der Waals surface area (Å²) in [5, 5.41) is 3.52. The Morgan fingerprint density at radius 3 is 2.39 bits per heavy atom. The van der Waals surface area contributed by atoms with Gasteiger partial charge in [-0.15, -0.1) is 0 Å². The normalized spacial score (nSPS) is 23.5. The number of nitrogens with one attached hydrogen (secondary N) is 1. The van der Waals surface area contributed by atoms with E-state index in [1.807, 2.05) is 18.2 Å². The monoisotopic (exact) mass is 251 g/mol. The fraction of sp³-hybridized carbons (Fsp3) is 0.571. The predicted octanol–water partition coefficient (Wildman–Crippen LogP) is 2.68. The van der Waals surface area contributed by atoms with Crippen LogP contribution in [0, 0.1) is 0 Å². The first-order valence-corrected chi connectivity index (χ1v) is 6.32. The molecule has 1 N–H and O–H groups in total. The highest BCUT2D eigenvalue weighted by Crippen LogP contribution is 2.27. The fourth-order valence-corrected chi connectivity index (χ4v) is 2.26. The summed E-state index contributed by atoms with van der Waals surface area (Å²) < 4.78 is 16.1. The van der Waals surface area contributed by atoms with Gasteiger partial charge in [-0.1, -0.05) is 0 Å². The van der Waals surface area contributed by atoms with Crippen molar-refractivity contribution in [3.8, 4) is 11.5 Å². The average molecular weight is 251 g/mol. The number of benzene rings is 1. The highest BCUT2D eigenvalue weighted by Gasteiger charge is 2.19. The second-order valence-electron chi connectivity index (χ2n) is 4.65. The van der Waals surface area contributed by atoms with Crippen LogP contribution in [0.3, 0.4) is 0 Å². The predicted molar refractivity (Wildman–Crippen MR) is 71.6 cm³/mol. The number of anilines is 1. The van der Waals surface area contributed by atoms with E-state index in [1.54, 1.807) is 14.2 Å². The summed E-state index contributed by atoms with van der Waals surface area (Å²) in [5.74, 6) is 1.61. The molecule has 0 saturated carbocycles. The Hall–Kier alpha value is -1.42. The molecule has 1 fully saturated rings. The van der Waals surface area contributed by atoms with Crippen LogP contribution >= 0.6 is 0 Å². The molecule has 4 nitrogen and oxygen atoms in total. The van der Waals surface area contributed by atoms with Gasteiger partial charge in [0.2, 0.25) is 0 Å². The fourth-order valence-electron chi connectivity index (χ4n) is 2.26. The maximum Gasteiger partial charge on any atom is 0.124 e. The van der Waals surface area contributed by atoms with Gasteiger partial charge in [-0.2, -0.15) is 0 Å². The van der Waals surface area contributed by atoms with Crippen LogP contribution in [-0.2, 0) is 4.74 Å². The van der Waals surface area contributed by atoms with Gasteiger partial charge < -0.3 is 19.5 Å². The van der Waals surface area contributed by atoms with Crippen LogP contribution < -0.4 is 14.8 Å². The second kappa shape index (κ2) is 5.96. The molecule has 1 aromatic rings. The van der Waals surface area contributed by atoms with Crippen molar-refractivity contribution < 1.29 is 14.2 Å². The minimum Gasteiger partial charge on any atom is -0.497 e. The van der Waals surface area contributed by atoms with E-state index < -0.39 is 0 Å². The van der Waals surface area contributed by atoms with Crippen LogP contribution in [0.15, 0.2) is 18.2 Å². The van der Waals surface area contributed by atoms with Crippen molar-refractivity contribution >= 4 is 5.69 Å². The Labute approximate surface area is 108 Å². The van der Waals surface area contributed by atoms with Crippen molar-refractivity contribution in [3.05, 3.63) is 18.2 Å². The Kier molecular flexibility index (Phi) is 4.31. The molecular weight excluding hydrogens is 230 g/mol. The van der Waals surface area contributed by atoms with Crippen LogP contribution in [0.5, 0.6) is 11.5 Å². The molecule has 0 spiro atoms. The molecule has 2 unspecified atom stereocenters. The lowest BCUT2D eigenvalue weighted by Gasteiger charge is -2.28. The van der Waals surface area contributed by atoms with Gasteiger partial charge in [-0.05, 0) is 19.8 Å².